The molecule has 5 nitrogen and oxygen atoms in total. The van der Waals surface area contributed by atoms with Crippen molar-refractivity contribution in [2.24, 2.45) is 0 Å². The second kappa shape index (κ2) is 9.13. The highest BCUT2D eigenvalue weighted by atomic mass is 19.4. The van der Waals surface area contributed by atoms with Gasteiger partial charge < -0.3 is 9.47 Å². The van der Waals surface area contributed by atoms with E-state index in [9.17, 15) is 18.0 Å². The summed E-state index contributed by atoms with van der Waals surface area (Å²) in [7, 11) is 0. The first-order chi connectivity index (χ1) is 16.9. The van der Waals surface area contributed by atoms with E-state index in [2.05, 4.69) is 5.10 Å². The van der Waals surface area contributed by atoms with Gasteiger partial charge in [-0.15, -0.1) is 0 Å². The zero-order valence-electron chi connectivity index (χ0n) is 18.3. The fraction of sp³-hybridized carbons (Fsp3) is 0.111. The Kier molecular flexibility index (Phi) is 5.86. The second-order valence-corrected chi connectivity index (χ2v) is 7.95. The van der Waals surface area contributed by atoms with Gasteiger partial charge in [-0.1, -0.05) is 36.4 Å². The Labute approximate surface area is 199 Å². The van der Waals surface area contributed by atoms with E-state index in [0.717, 1.165) is 17.3 Å². The zero-order chi connectivity index (χ0) is 24.4. The molecule has 0 fully saturated rings. The predicted molar refractivity (Wildman–Crippen MR) is 124 cm³/mol. The maximum atomic E-state index is 13.3. The molecule has 0 saturated carbocycles. The van der Waals surface area contributed by atoms with E-state index in [1.807, 2.05) is 36.5 Å². The quantitative estimate of drug-likeness (QED) is 0.325. The number of Topliss-reactive ketones (excluding diaryl/α,β-unsaturated/α-hetero) is 1. The van der Waals surface area contributed by atoms with Crippen LogP contribution in [0.4, 0.5) is 13.2 Å². The van der Waals surface area contributed by atoms with Crippen LogP contribution in [0.3, 0.4) is 0 Å². The van der Waals surface area contributed by atoms with E-state index in [-0.39, 0.29) is 35.7 Å². The highest BCUT2D eigenvalue weighted by Gasteiger charge is 2.33. The molecule has 4 aromatic rings. The summed E-state index contributed by atoms with van der Waals surface area (Å²) in [4.78, 5) is 12.9. The Morgan fingerprint density at radius 2 is 1.80 bits per heavy atom. The number of ether oxygens (including phenoxy) is 2. The van der Waals surface area contributed by atoms with Crippen molar-refractivity contribution in [1.82, 2.24) is 9.78 Å². The number of rotatable bonds is 5. The molecule has 0 N–H and O–H groups in total. The van der Waals surface area contributed by atoms with Gasteiger partial charge in [0, 0.05) is 23.4 Å². The Morgan fingerprint density at radius 3 is 2.60 bits per heavy atom. The van der Waals surface area contributed by atoms with Gasteiger partial charge in [0.1, 0.15) is 24.7 Å². The number of benzene rings is 3. The fourth-order valence-electron chi connectivity index (χ4n) is 3.79. The summed E-state index contributed by atoms with van der Waals surface area (Å²) in [5.41, 5.74) is 1.34. The molecular formula is C27H19F3N2O3. The molecule has 5 rings (SSSR count). The monoisotopic (exact) mass is 476 g/mol. The smallest absolute Gasteiger partial charge is 0.416 e. The van der Waals surface area contributed by atoms with E-state index in [1.165, 1.54) is 24.3 Å². The first kappa shape index (κ1) is 22.5. The van der Waals surface area contributed by atoms with Crippen molar-refractivity contribution < 1.29 is 27.4 Å². The number of hydrogen-bond acceptors (Lipinski definition) is 4. The number of ketones is 1. The minimum Gasteiger partial charge on any atom is -0.489 e. The third kappa shape index (κ3) is 4.82. The molecule has 0 radical (unpaired) electrons. The maximum absolute atomic E-state index is 13.3. The first-order valence-electron chi connectivity index (χ1n) is 10.8. The Morgan fingerprint density at radius 1 is 1.03 bits per heavy atom. The SMILES string of the molecule is O=C1C(=Cc2ccccc2C(F)(F)F)COc2cc(OCc3cnn(-c4ccccc4)c3)ccc21. The summed E-state index contributed by atoms with van der Waals surface area (Å²) in [5.74, 6) is 0.450. The molecule has 8 heteroatoms. The number of hydrogen-bond donors (Lipinski definition) is 0. The van der Waals surface area contributed by atoms with Crippen LogP contribution in [0.15, 0.2) is 90.8 Å². The zero-order valence-corrected chi connectivity index (χ0v) is 18.3. The van der Waals surface area contributed by atoms with Gasteiger partial charge in [0.2, 0.25) is 0 Å². The van der Waals surface area contributed by atoms with Crippen LogP contribution >= 0.6 is 0 Å². The molecule has 0 atom stereocenters. The Hall–Kier alpha value is -4.33. The van der Waals surface area contributed by atoms with Gasteiger partial charge >= 0.3 is 6.18 Å². The van der Waals surface area contributed by atoms with Gasteiger partial charge in [0.05, 0.1) is 23.0 Å². The van der Waals surface area contributed by atoms with Gasteiger partial charge in [-0.25, -0.2) is 4.68 Å². The molecule has 35 heavy (non-hydrogen) atoms. The second-order valence-electron chi connectivity index (χ2n) is 7.95. The largest absolute Gasteiger partial charge is 0.489 e. The summed E-state index contributed by atoms with van der Waals surface area (Å²) in [6.45, 7) is 0.129. The summed E-state index contributed by atoms with van der Waals surface area (Å²) in [6.07, 6.45) is 0.293. The van der Waals surface area contributed by atoms with Crippen LogP contribution in [-0.4, -0.2) is 22.2 Å². The van der Waals surface area contributed by atoms with E-state index in [4.69, 9.17) is 9.47 Å². The molecule has 1 aromatic heterocycles. The van der Waals surface area contributed by atoms with Gasteiger partial charge in [0.25, 0.3) is 0 Å². The van der Waals surface area contributed by atoms with Crippen molar-refractivity contribution in [1.29, 1.82) is 0 Å². The molecule has 1 aliphatic rings. The number of aromatic nitrogens is 2. The van der Waals surface area contributed by atoms with Crippen molar-refractivity contribution >= 4 is 11.9 Å². The van der Waals surface area contributed by atoms with Crippen molar-refractivity contribution in [2.75, 3.05) is 6.61 Å². The summed E-state index contributed by atoms with van der Waals surface area (Å²) in [6, 6.07) is 19.6. The van der Waals surface area contributed by atoms with Crippen LogP contribution in [0.25, 0.3) is 11.8 Å². The highest BCUT2D eigenvalue weighted by Crippen LogP contribution is 2.35. The number of fused-ring (bicyclic) bond motifs is 1. The minimum atomic E-state index is -4.52. The van der Waals surface area contributed by atoms with Crippen LogP contribution in [0.1, 0.15) is 27.0 Å². The highest BCUT2D eigenvalue weighted by molar-refractivity contribution is 6.14. The minimum absolute atomic E-state index is 0.0774. The average Bonchev–Trinajstić information content (AvgIpc) is 3.34. The summed E-state index contributed by atoms with van der Waals surface area (Å²) < 4.78 is 53.2. The Bertz CT molecular complexity index is 1410. The molecular weight excluding hydrogens is 457 g/mol. The van der Waals surface area contributed by atoms with Gasteiger partial charge in [-0.05, 0) is 42.0 Å². The average molecular weight is 476 g/mol. The molecule has 0 unspecified atom stereocenters. The van der Waals surface area contributed by atoms with Crippen LogP contribution < -0.4 is 9.47 Å². The number of halogens is 3. The summed E-state index contributed by atoms with van der Waals surface area (Å²) >= 11 is 0. The van der Waals surface area contributed by atoms with E-state index in [1.54, 1.807) is 29.1 Å². The number of carbonyl (C=O) groups excluding carboxylic acids is 1. The predicted octanol–water partition coefficient (Wildman–Crippen LogP) is 6.13. The van der Waals surface area contributed by atoms with Crippen molar-refractivity contribution in [3.05, 3.63) is 113 Å². The molecule has 0 aliphatic carbocycles. The number of carbonyl (C=O) groups is 1. The van der Waals surface area contributed by atoms with Crippen molar-refractivity contribution in [3.8, 4) is 17.2 Å². The Balaban J connectivity index is 1.30. The number of para-hydroxylation sites is 1. The molecule has 0 spiro atoms. The topological polar surface area (TPSA) is 53.4 Å². The van der Waals surface area contributed by atoms with Crippen LogP contribution in [0.2, 0.25) is 0 Å². The first-order valence-corrected chi connectivity index (χ1v) is 10.8. The number of nitrogens with zero attached hydrogens (tertiary/aromatic N) is 2. The molecule has 0 amide bonds. The van der Waals surface area contributed by atoms with Gasteiger partial charge in [-0.2, -0.15) is 18.3 Å². The van der Waals surface area contributed by atoms with Crippen LogP contribution in [-0.2, 0) is 12.8 Å². The molecule has 2 heterocycles. The lowest BCUT2D eigenvalue weighted by molar-refractivity contribution is -0.137. The number of alkyl halides is 3. The van der Waals surface area contributed by atoms with E-state index in [0.29, 0.717) is 11.5 Å². The van der Waals surface area contributed by atoms with Gasteiger partial charge in [0.15, 0.2) is 5.78 Å². The molecule has 0 bridgehead atoms. The van der Waals surface area contributed by atoms with Crippen LogP contribution in [0.5, 0.6) is 11.5 Å². The normalized spacial score (nSPS) is 14.5. The third-order valence-corrected chi connectivity index (χ3v) is 5.53. The lowest BCUT2D eigenvalue weighted by Crippen LogP contribution is -2.19. The lowest BCUT2D eigenvalue weighted by atomic mass is 9.96. The molecule has 1 aliphatic heterocycles. The maximum Gasteiger partial charge on any atom is 0.416 e. The molecule has 0 saturated heterocycles. The fourth-order valence-corrected chi connectivity index (χ4v) is 3.79. The van der Waals surface area contributed by atoms with Gasteiger partial charge in [-0.3, -0.25) is 4.79 Å². The van der Waals surface area contributed by atoms with Crippen molar-refractivity contribution in [3.63, 3.8) is 0 Å². The lowest BCUT2D eigenvalue weighted by Gasteiger charge is -2.20. The van der Waals surface area contributed by atoms with E-state index >= 15 is 0 Å². The van der Waals surface area contributed by atoms with E-state index < -0.39 is 11.7 Å². The molecule has 176 valence electrons. The van der Waals surface area contributed by atoms with Crippen LogP contribution in [0, 0.1) is 0 Å². The summed E-state index contributed by atoms with van der Waals surface area (Å²) in [5, 5.41) is 4.33. The molecule has 3 aromatic carbocycles. The third-order valence-electron chi connectivity index (χ3n) is 5.53. The standard InChI is InChI=1S/C27H19F3N2O3/c28-27(29,30)24-9-5-4-6-19(24)12-20-17-35-25-13-22(10-11-23(25)26(20)33)34-16-18-14-31-32(15-18)21-7-2-1-3-8-21/h1-15H,16-17H2. The van der Waals surface area contributed by atoms with Crippen molar-refractivity contribution in [2.45, 2.75) is 12.8 Å².